The minimum absolute atomic E-state index is 0.292. The average Bonchev–Trinajstić information content (AvgIpc) is 2.51. The summed E-state index contributed by atoms with van der Waals surface area (Å²) in [5, 5.41) is 6.30. The van der Waals surface area contributed by atoms with Gasteiger partial charge in [0.2, 0.25) is 11.9 Å². The highest BCUT2D eigenvalue weighted by Gasteiger charge is 2.06. The van der Waals surface area contributed by atoms with E-state index in [1.54, 1.807) is 0 Å². The van der Waals surface area contributed by atoms with Crippen LogP contribution in [0.4, 0.5) is 11.9 Å². The molecule has 0 bridgehead atoms. The van der Waals surface area contributed by atoms with Crippen LogP contribution in [-0.2, 0) is 6.54 Å². The van der Waals surface area contributed by atoms with Crippen LogP contribution < -0.4 is 15.4 Å². The van der Waals surface area contributed by atoms with Gasteiger partial charge in [-0.1, -0.05) is 35.0 Å². The molecule has 2 N–H and O–H groups in total. The molecule has 7 heteroatoms. The van der Waals surface area contributed by atoms with Gasteiger partial charge < -0.3 is 15.4 Å². The van der Waals surface area contributed by atoms with Crippen LogP contribution >= 0.6 is 15.9 Å². The summed E-state index contributed by atoms with van der Waals surface area (Å²) >= 11 is 3.45. The summed E-state index contributed by atoms with van der Waals surface area (Å²) in [7, 11) is 1.54. The highest BCUT2D eigenvalue weighted by molar-refractivity contribution is 9.10. The van der Waals surface area contributed by atoms with Crippen LogP contribution in [0.1, 0.15) is 18.9 Å². The molecule has 112 valence electrons. The highest BCUT2D eigenvalue weighted by Crippen LogP contribution is 2.14. The summed E-state index contributed by atoms with van der Waals surface area (Å²) in [5.74, 6) is 1.00. The zero-order valence-electron chi connectivity index (χ0n) is 12.1. The fourth-order valence-corrected chi connectivity index (χ4v) is 2.12. The van der Waals surface area contributed by atoms with Gasteiger partial charge in [0.15, 0.2) is 0 Å². The number of aromatic nitrogens is 3. The Balaban J connectivity index is 2.07. The fraction of sp³-hybridized carbons (Fsp3) is 0.357. The molecule has 0 atom stereocenters. The molecular formula is C14H18BrN5O. The molecule has 1 aromatic heterocycles. The van der Waals surface area contributed by atoms with Gasteiger partial charge in [0.05, 0.1) is 7.11 Å². The minimum atomic E-state index is 0.292. The van der Waals surface area contributed by atoms with Crippen molar-refractivity contribution in [3.8, 4) is 6.01 Å². The number of halogens is 1. The second-order valence-corrected chi connectivity index (χ2v) is 5.30. The molecule has 0 saturated carbocycles. The lowest BCUT2D eigenvalue weighted by Crippen LogP contribution is -2.10. The first-order chi connectivity index (χ1) is 10.2. The summed E-state index contributed by atoms with van der Waals surface area (Å²) in [6.07, 6.45) is 0.995. The van der Waals surface area contributed by atoms with Gasteiger partial charge in [-0.05, 0) is 24.1 Å². The average molecular weight is 352 g/mol. The Morgan fingerprint density at radius 1 is 1.14 bits per heavy atom. The van der Waals surface area contributed by atoms with E-state index in [2.05, 4.69) is 48.4 Å². The lowest BCUT2D eigenvalue weighted by Gasteiger charge is -2.09. The number of methoxy groups -OCH3 is 1. The molecule has 1 heterocycles. The summed E-state index contributed by atoms with van der Waals surface area (Å²) in [6.45, 7) is 3.51. The number of ether oxygens (including phenoxy) is 1. The Kier molecular flexibility index (Phi) is 5.74. The van der Waals surface area contributed by atoms with Crippen molar-refractivity contribution in [1.29, 1.82) is 0 Å². The summed E-state index contributed by atoms with van der Waals surface area (Å²) in [5.41, 5.74) is 1.13. The van der Waals surface area contributed by atoms with E-state index in [4.69, 9.17) is 4.74 Å². The molecule has 6 nitrogen and oxygen atoms in total. The maximum atomic E-state index is 5.10. The second-order valence-electron chi connectivity index (χ2n) is 4.38. The normalized spacial score (nSPS) is 10.2. The number of hydrogen-bond donors (Lipinski definition) is 2. The number of hydrogen-bond acceptors (Lipinski definition) is 6. The van der Waals surface area contributed by atoms with Gasteiger partial charge in [0, 0.05) is 17.6 Å². The molecule has 0 unspecified atom stereocenters. The van der Waals surface area contributed by atoms with Gasteiger partial charge in [-0.25, -0.2) is 0 Å². The number of anilines is 2. The molecule has 2 aromatic rings. The van der Waals surface area contributed by atoms with Gasteiger partial charge in [-0.15, -0.1) is 0 Å². The van der Waals surface area contributed by atoms with Crippen LogP contribution in [0.3, 0.4) is 0 Å². The first-order valence-corrected chi connectivity index (χ1v) is 7.53. The third kappa shape index (κ3) is 4.86. The summed E-state index contributed by atoms with van der Waals surface area (Å²) in [6, 6.07) is 8.35. The largest absolute Gasteiger partial charge is 0.467 e. The molecular weight excluding hydrogens is 334 g/mol. The summed E-state index contributed by atoms with van der Waals surface area (Å²) in [4.78, 5) is 12.7. The Morgan fingerprint density at radius 3 is 2.57 bits per heavy atom. The third-order valence-corrected chi connectivity index (χ3v) is 3.16. The molecule has 0 fully saturated rings. The topological polar surface area (TPSA) is 72.0 Å². The Labute approximate surface area is 132 Å². The van der Waals surface area contributed by atoms with Crippen LogP contribution in [0, 0.1) is 0 Å². The van der Waals surface area contributed by atoms with Crippen molar-refractivity contribution in [1.82, 2.24) is 15.0 Å². The van der Waals surface area contributed by atoms with Crippen molar-refractivity contribution in [2.45, 2.75) is 19.9 Å². The van der Waals surface area contributed by atoms with Crippen molar-refractivity contribution in [3.05, 3.63) is 34.3 Å². The van der Waals surface area contributed by atoms with Crippen LogP contribution in [0.15, 0.2) is 28.7 Å². The van der Waals surface area contributed by atoms with Crippen molar-refractivity contribution in [2.75, 3.05) is 24.3 Å². The van der Waals surface area contributed by atoms with E-state index in [9.17, 15) is 0 Å². The first kappa shape index (κ1) is 15.5. The van der Waals surface area contributed by atoms with E-state index in [1.807, 2.05) is 24.3 Å². The van der Waals surface area contributed by atoms with E-state index in [0.29, 0.717) is 24.5 Å². The predicted molar refractivity (Wildman–Crippen MR) is 86.6 cm³/mol. The van der Waals surface area contributed by atoms with E-state index < -0.39 is 0 Å². The lowest BCUT2D eigenvalue weighted by molar-refractivity contribution is 0.379. The second kappa shape index (κ2) is 7.78. The zero-order chi connectivity index (χ0) is 15.1. The van der Waals surface area contributed by atoms with Crippen LogP contribution in [0.25, 0.3) is 0 Å². The summed E-state index contributed by atoms with van der Waals surface area (Å²) < 4.78 is 6.14. The Bertz CT molecular complexity index is 593. The molecule has 2 rings (SSSR count). The molecule has 0 radical (unpaired) electrons. The highest BCUT2D eigenvalue weighted by atomic mass is 79.9. The number of nitrogens with zero attached hydrogens (tertiary/aromatic N) is 3. The minimum Gasteiger partial charge on any atom is -0.467 e. The lowest BCUT2D eigenvalue weighted by atomic mass is 10.2. The van der Waals surface area contributed by atoms with Crippen molar-refractivity contribution < 1.29 is 4.74 Å². The molecule has 21 heavy (non-hydrogen) atoms. The molecule has 0 aliphatic carbocycles. The SMILES string of the molecule is CCCNc1nc(NCc2cccc(Br)c2)nc(OC)n1. The third-order valence-electron chi connectivity index (χ3n) is 2.67. The Morgan fingerprint density at radius 2 is 1.90 bits per heavy atom. The fourth-order valence-electron chi connectivity index (χ4n) is 1.67. The monoisotopic (exact) mass is 351 g/mol. The van der Waals surface area contributed by atoms with Crippen LogP contribution in [-0.4, -0.2) is 28.6 Å². The Hall–Kier alpha value is -1.89. The van der Waals surface area contributed by atoms with Crippen molar-refractivity contribution >= 4 is 27.8 Å². The number of benzene rings is 1. The van der Waals surface area contributed by atoms with E-state index >= 15 is 0 Å². The molecule has 0 aliphatic heterocycles. The van der Waals surface area contributed by atoms with E-state index in [-0.39, 0.29) is 0 Å². The smallest absolute Gasteiger partial charge is 0.322 e. The number of rotatable bonds is 7. The molecule has 0 saturated heterocycles. The number of nitrogens with one attached hydrogen (secondary N) is 2. The first-order valence-electron chi connectivity index (χ1n) is 6.73. The zero-order valence-corrected chi connectivity index (χ0v) is 13.6. The molecule has 0 amide bonds. The van der Waals surface area contributed by atoms with E-state index in [1.165, 1.54) is 7.11 Å². The maximum absolute atomic E-state index is 5.10. The predicted octanol–water partition coefficient (Wildman–Crippen LogP) is 3.08. The van der Waals surface area contributed by atoms with Crippen molar-refractivity contribution in [2.24, 2.45) is 0 Å². The van der Waals surface area contributed by atoms with Crippen LogP contribution in [0.2, 0.25) is 0 Å². The quantitative estimate of drug-likeness (QED) is 0.798. The standard InChI is InChI=1S/C14H18BrN5O/c1-3-7-16-12-18-13(20-14(19-12)21-2)17-9-10-5-4-6-11(15)8-10/h4-6,8H,3,7,9H2,1-2H3,(H2,16,17,18,19,20). The van der Waals surface area contributed by atoms with Gasteiger partial charge in [0.25, 0.3) is 0 Å². The van der Waals surface area contributed by atoms with Crippen LogP contribution in [0.5, 0.6) is 6.01 Å². The van der Waals surface area contributed by atoms with Crippen molar-refractivity contribution in [3.63, 3.8) is 0 Å². The maximum Gasteiger partial charge on any atom is 0.322 e. The van der Waals surface area contributed by atoms with Gasteiger partial charge in [-0.2, -0.15) is 15.0 Å². The van der Waals surface area contributed by atoms with E-state index in [0.717, 1.165) is 23.0 Å². The molecule has 0 spiro atoms. The molecule has 1 aromatic carbocycles. The van der Waals surface area contributed by atoms with Gasteiger partial charge >= 0.3 is 6.01 Å². The van der Waals surface area contributed by atoms with Gasteiger partial charge in [0.1, 0.15) is 0 Å². The molecule has 0 aliphatic rings. The van der Waals surface area contributed by atoms with Gasteiger partial charge in [-0.3, -0.25) is 0 Å².